The summed E-state index contributed by atoms with van der Waals surface area (Å²) in [5.41, 5.74) is 1.60. The fraction of sp³-hybridized carbons (Fsp3) is 0.545. The number of aryl methyl sites for hydroxylation is 1. The van der Waals surface area contributed by atoms with Gasteiger partial charge in [-0.05, 0) is 39.4 Å². The molecule has 0 bridgehead atoms. The lowest BCUT2D eigenvalue weighted by Crippen LogP contribution is -2.31. The maximum absolute atomic E-state index is 12.4. The Morgan fingerprint density at radius 1 is 1.21 bits per heavy atom. The summed E-state index contributed by atoms with van der Waals surface area (Å²) in [5, 5.41) is 9.27. The maximum atomic E-state index is 12.4. The second-order valence-electron chi connectivity index (χ2n) is 8.76. The smallest absolute Gasteiger partial charge is 0.272 e. The molecule has 1 atom stereocenters. The molecular formula is C22H26ClF2N7OS. The van der Waals surface area contributed by atoms with E-state index in [9.17, 15) is 8.78 Å². The van der Waals surface area contributed by atoms with Crippen molar-refractivity contribution in [2.75, 3.05) is 32.1 Å². The molecule has 5 heterocycles. The number of alkyl halides is 2. The maximum Gasteiger partial charge on any atom is 0.272 e. The first-order valence-electron chi connectivity index (χ1n) is 11.4. The van der Waals surface area contributed by atoms with Crippen LogP contribution in [0.4, 0.5) is 14.7 Å². The van der Waals surface area contributed by atoms with Gasteiger partial charge in [-0.3, -0.25) is 4.68 Å². The fourth-order valence-electron chi connectivity index (χ4n) is 4.40. The van der Waals surface area contributed by atoms with Crippen molar-refractivity contribution >= 4 is 28.9 Å². The van der Waals surface area contributed by atoms with Gasteiger partial charge in [0.15, 0.2) is 6.61 Å². The van der Waals surface area contributed by atoms with Gasteiger partial charge in [0.05, 0.1) is 21.1 Å². The summed E-state index contributed by atoms with van der Waals surface area (Å²) in [7, 11) is 2.15. The van der Waals surface area contributed by atoms with Crippen LogP contribution in [0.5, 0.6) is 5.88 Å². The third-order valence-corrected chi connectivity index (χ3v) is 7.69. The number of nitrogens with one attached hydrogen (secondary N) is 1. The van der Waals surface area contributed by atoms with Crippen molar-refractivity contribution in [2.24, 2.45) is 0 Å². The zero-order valence-electron chi connectivity index (χ0n) is 18.8. The van der Waals surface area contributed by atoms with E-state index < -0.39 is 13.0 Å². The second kappa shape index (κ2) is 10.1. The minimum absolute atomic E-state index is 0.0809. The monoisotopic (exact) mass is 509 g/mol. The Hall–Kier alpha value is -2.37. The van der Waals surface area contributed by atoms with Gasteiger partial charge in [0.1, 0.15) is 5.69 Å². The lowest BCUT2D eigenvalue weighted by atomic mass is 9.98. The van der Waals surface area contributed by atoms with Crippen molar-refractivity contribution in [3.8, 4) is 16.5 Å². The van der Waals surface area contributed by atoms with Gasteiger partial charge >= 0.3 is 0 Å². The van der Waals surface area contributed by atoms with Gasteiger partial charge in [-0.1, -0.05) is 11.6 Å². The quantitative estimate of drug-likeness (QED) is 0.507. The molecule has 0 spiro atoms. The van der Waals surface area contributed by atoms with Crippen LogP contribution in [0.1, 0.15) is 35.9 Å². The van der Waals surface area contributed by atoms with E-state index in [0.717, 1.165) is 47.9 Å². The first-order valence-corrected chi connectivity index (χ1v) is 12.6. The average molecular weight is 510 g/mol. The van der Waals surface area contributed by atoms with E-state index in [1.54, 1.807) is 28.3 Å². The molecule has 1 unspecified atom stereocenters. The number of anilines is 1. The molecule has 182 valence electrons. The lowest BCUT2D eigenvalue weighted by molar-refractivity contribution is 0.0791. The number of ether oxygens (including phenoxy) is 1. The highest BCUT2D eigenvalue weighted by molar-refractivity contribution is 7.15. The predicted octanol–water partition coefficient (Wildman–Crippen LogP) is 4.33. The fourth-order valence-corrected chi connectivity index (χ4v) is 5.73. The van der Waals surface area contributed by atoms with Gasteiger partial charge in [0.25, 0.3) is 6.43 Å². The van der Waals surface area contributed by atoms with Gasteiger partial charge in [0.2, 0.25) is 11.8 Å². The van der Waals surface area contributed by atoms with Crippen molar-refractivity contribution in [2.45, 2.75) is 50.6 Å². The molecular weight excluding hydrogens is 484 g/mol. The number of nitrogens with zero attached hydrogens (tertiary/aromatic N) is 6. The molecule has 0 saturated carbocycles. The van der Waals surface area contributed by atoms with Crippen molar-refractivity contribution in [3.63, 3.8) is 0 Å². The molecule has 1 saturated heterocycles. The van der Waals surface area contributed by atoms with Crippen LogP contribution in [0.3, 0.4) is 0 Å². The minimum Gasteiger partial charge on any atom is -0.471 e. The summed E-state index contributed by atoms with van der Waals surface area (Å²) in [5.74, 6) is 1.21. The molecule has 1 N–H and O–H groups in total. The third-order valence-electron chi connectivity index (χ3n) is 6.25. The predicted molar refractivity (Wildman–Crippen MR) is 127 cm³/mol. The summed E-state index contributed by atoms with van der Waals surface area (Å²) < 4.78 is 31.7. The molecule has 2 aliphatic rings. The Morgan fingerprint density at radius 3 is 2.82 bits per heavy atom. The molecule has 0 aliphatic carbocycles. The number of aromatic nitrogens is 5. The number of rotatable bonds is 7. The average Bonchev–Trinajstić information content (AvgIpc) is 3.46. The van der Waals surface area contributed by atoms with Gasteiger partial charge in [-0.2, -0.15) is 0 Å². The van der Waals surface area contributed by atoms with Crippen LogP contribution >= 0.6 is 22.9 Å². The van der Waals surface area contributed by atoms with Crippen LogP contribution in [-0.2, 0) is 13.0 Å². The summed E-state index contributed by atoms with van der Waals surface area (Å²) in [6.07, 6.45) is 4.63. The Labute approximate surface area is 205 Å². The van der Waals surface area contributed by atoms with Gasteiger partial charge in [-0.15, -0.1) is 16.4 Å². The zero-order chi connectivity index (χ0) is 23.7. The van der Waals surface area contributed by atoms with Crippen molar-refractivity contribution in [1.82, 2.24) is 29.6 Å². The molecule has 3 aromatic heterocycles. The Balaban J connectivity index is 1.26. The van der Waals surface area contributed by atoms with Gasteiger partial charge in [-0.25, -0.2) is 23.7 Å². The van der Waals surface area contributed by atoms with Gasteiger partial charge < -0.3 is 15.0 Å². The number of hydrogen-bond acceptors (Lipinski definition) is 8. The molecule has 8 nitrogen and oxygen atoms in total. The van der Waals surface area contributed by atoms with Crippen LogP contribution in [0, 0.1) is 0 Å². The van der Waals surface area contributed by atoms with Crippen LogP contribution in [0.25, 0.3) is 10.6 Å². The normalized spacial score (nSPS) is 19.4. The van der Waals surface area contributed by atoms with Crippen molar-refractivity contribution in [1.29, 1.82) is 0 Å². The summed E-state index contributed by atoms with van der Waals surface area (Å²) in [6, 6.07) is 1.80. The molecule has 0 amide bonds. The zero-order valence-corrected chi connectivity index (χ0v) is 20.3. The SMILES string of the molecule is CN1CCC(c2ncc(-c3nc(NC4CCn5nc(OCC(F)F)cc5C4)ncc3Cl)s2)CC1. The van der Waals surface area contributed by atoms with Crippen LogP contribution in [-0.4, -0.2) is 68.8 Å². The molecule has 1 fully saturated rings. The first kappa shape index (κ1) is 23.4. The topological polar surface area (TPSA) is 81.0 Å². The Bertz CT molecular complexity index is 1130. The minimum atomic E-state index is -2.52. The van der Waals surface area contributed by atoms with Crippen molar-refractivity contribution in [3.05, 3.63) is 34.2 Å². The highest BCUT2D eigenvalue weighted by Gasteiger charge is 2.24. The number of hydrogen-bond donors (Lipinski definition) is 1. The first-order chi connectivity index (χ1) is 16.4. The molecule has 12 heteroatoms. The summed E-state index contributed by atoms with van der Waals surface area (Å²) in [4.78, 5) is 17.0. The van der Waals surface area contributed by atoms with E-state index in [-0.39, 0.29) is 11.9 Å². The number of fused-ring (bicyclic) bond motifs is 1. The molecule has 0 radical (unpaired) electrons. The summed E-state index contributed by atoms with van der Waals surface area (Å²) >= 11 is 8.10. The van der Waals surface area contributed by atoms with Crippen LogP contribution < -0.4 is 10.1 Å². The lowest BCUT2D eigenvalue weighted by Gasteiger charge is -2.27. The van der Waals surface area contributed by atoms with E-state index in [1.807, 2.05) is 6.20 Å². The van der Waals surface area contributed by atoms with E-state index in [0.29, 0.717) is 35.5 Å². The number of piperidine rings is 1. The van der Waals surface area contributed by atoms with Gasteiger partial charge in [0, 0.05) is 42.9 Å². The van der Waals surface area contributed by atoms with E-state index in [4.69, 9.17) is 21.3 Å². The Morgan fingerprint density at radius 2 is 2.03 bits per heavy atom. The van der Waals surface area contributed by atoms with E-state index in [1.165, 1.54) is 0 Å². The highest BCUT2D eigenvalue weighted by Crippen LogP contribution is 2.36. The number of likely N-dealkylation sites (tertiary alicyclic amines) is 1. The Kier molecular flexibility index (Phi) is 6.94. The third kappa shape index (κ3) is 5.31. The second-order valence-corrected chi connectivity index (χ2v) is 10.2. The number of thiazole rings is 1. The molecule has 5 rings (SSSR count). The molecule has 2 aliphatic heterocycles. The van der Waals surface area contributed by atoms with E-state index >= 15 is 0 Å². The van der Waals surface area contributed by atoms with Crippen LogP contribution in [0.2, 0.25) is 5.02 Å². The largest absolute Gasteiger partial charge is 0.471 e. The highest BCUT2D eigenvalue weighted by atomic mass is 35.5. The van der Waals surface area contributed by atoms with E-state index in [2.05, 4.69) is 32.3 Å². The number of halogens is 3. The van der Waals surface area contributed by atoms with Crippen LogP contribution in [0.15, 0.2) is 18.5 Å². The molecule has 0 aromatic carbocycles. The standard InChI is InChI=1S/C22H26ClF2N7OS/c1-31-5-2-13(3-6-31)21-26-11-17(34-21)20-16(23)10-27-22(29-20)28-14-4-7-32-15(8-14)9-19(30-32)33-12-18(24)25/h9-11,13-14,18H,2-8,12H2,1H3,(H,27,28,29). The molecule has 3 aromatic rings. The van der Waals surface area contributed by atoms with Crippen molar-refractivity contribution < 1.29 is 13.5 Å². The molecule has 34 heavy (non-hydrogen) atoms. The summed E-state index contributed by atoms with van der Waals surface area (Å²) in [6.45, 7) is 2.17.